The number of carbonyl (C=O) groups is 1. The molecule has 0 aliphatic heterocycles. The maximum absolute atomic E-state index is 13.1. The number of nitrogens with zero attached hydrogens (tertiary/aromatic N) is 4. The van der Waals surface area contributed by atoms with E-state index in [-0.39, 0.29) is 35.8 Å². The van der Waals surface area contributed by atoms with Gasteiger partial charge in [-0.15, -0.1) is 0 Å². The van der Waals surface area contributed by atoms with Gasteiger partial charge >= 0.3 is 6.18 Å². The van der Waals surface area contributed by atoms with Gasteiger partial charge in [0, 0.05) is 18.9 Å². The molecule has 148 valence electrons. The van der Waals surface area contributed by atoms with Crippen LogP contribution < -0.4 is 5.32 Å². The Bertz CT molecular complexity index is 844. The van der Waals surface area contributed by atoms with Crippen LogP contribution in [0, 0.1) is 0 Å². The van der Waals surface area contributed by atoms with E-state index in [1.54, 1.807) is 4.68 Å². The minimum atomic E-state index is -4.54. The Hall–Kier alpha value is -1.55. The zero-order valence-electron chi connectivity index (χ0n) is 14.5. The summed E-state index contributed by atoms with van der Waals surface area (Å²) in [4.78, 5) is 12.1. The normalized spacial score (nSPS) is 14.6. The molecule has 2 aromatic rings. The topological polar surface area (TPSA) is 64.7 Å². The summed E-state index contributed by atoms with van der Waals surface area (Å²) in [5.41, 5.74) is 0.262. The van der Waals surface area contributed by atoms with Crippen LogP contribution >= 0.6 is 27.5 Å². The number of nitrogens with one attached hydrogen (secondary N) is 1. The Labute approximate surface area is 167 Å². The number of alkyl halides is 3. The molecule has 0 aromatic carbocycles. The van der Waals surface area contributed by atoms with Gasteiger partial charge in [-0.1, -0.05) is 11.6 Å². The van der Waals surface area contributed by atoms with Gasteiger partial charge in [0.1, 0.15) is 0 Å². The summed E-state index contributed by atoms with van der Waals surface area (Å²) >= 11 is 9.08. The van der Waals surface area contributed by atoms with Gasteiger partial charge in [0.2, 0.25) is 5.91 Å². The second-order valence-corrected chi connectivity index (χ2v) is 7.52. The molecule has 6 nitrogen and oxygen atoms in total. The molecule has 3 rings (SSSR count). The minimum absolute atomic E-state index is 0.0169. The molecule has 1 aliphatic rings. The van der Waals surface area contributed by atoms with Crippen LogP contribution in [0.25, 0.3) is 0 Å². The fourth-order valence-electron chi connectivity index (χ4n) is 2.87. The molecule has 1 fully saturated rings. The summed E-state index contributed by atoms with van der Waals surface area (Å²) in [7, 11) is 0. The average Bonchev–Trinajstić information content (AvgIpc) is 3.28. The number of carbonyl (C=O) groups excluding carboxylic acids is 1. The standard InChI is InChI=1S/C16H18BrClF3N5O/c1-2-25-11(10(18)7-23-25)8-22-12(27)5-6-26-14(9-3-4-9)13(17)15(24-26)16(19,20)21/h7,9H,2-6,8H2,1H3,(H,22,27). The third-order valence-corrected chi connectivity index (χ3v) is 5.46. The molecule has 1 saturated carbocycles. The zero-order chi connectivity index (χ0) is 19.8. The number of aryl methyl sites for hydroxylation is 2. The Kier molecular flexibility index (Phi) is 5.85. The van der Waals surface area contributed by atoms with Crippen molar-refractivity contribution in [3.05, 3.63) is 32.8 Å². The Morgan fingerprint density at radius 1 is 1.41 bits per heavy atom. The molecule has 0 unspecified atom stereocenters. The van der Waals surface area contributed by atoms with Crippen LogP contribution in [0.15, 0.2) is 10.7 Å². The lowest BCUT2D eigenvalue weighted by atomic mass is 10.2. The van der Waals surface area contributed by atoms with Gasteiger partial charge in [-0.2, -0.15) is 23.4 Å². The van der Waals surface area contributed by atoms with Gasteiger partial charge < -0.3 is 5.32 Å². The van der Waals surface area contributed by atoms with Gasteiger partial charge in [0.25, 0.3) is 0 Å². The van der Waals surface area contributed by atoms with E-state index in [1.807, 2.05) is 6.92 Å². The van der Waals surface area contributed by atoms with E-state index in [9.17, 15) is 18.0 Å². The van der Waals surface area contributed by atoms with Crippen molar-refractivity contribution >= 4 is 33.4 Å². The Balaban J connectivity index is 1.64. The molecule has 0 spiro atoms. The number of hydrogen-bond donors (Lipinski definition) is 1. The molecule has 27 heavy (non-hydrogen) atoms. The van der Waals surface area contributed by atoms with Crippen LogP contribution in [0.2, 0.25) is 5.02 Å². The predicted molar refractivity (Wildman–Crippen MR) is 96.3 cm³/mol. The van der Waals surface area contributed by atoms with Crippen LogP contribution in [0.3, 0.4) is 0 Å². The monoisotopic (exact) mass is 467 g/mol. The van der Waals surface area contributed by atoms with E-state index in [1.165, 1.54) is 10.9 Å². The second kappa shape index (κ2) is 7.83. The van der Waals surface area contributed by atoms with Gasteiger partial charge in [0.15, 0.2) is 5.69 Å². The SMILES string of the molecule is CCn1ncc(Cl)c1CNC(=O)CCn1nc(C(F)(F)F)c(Br)c1C1CC1. The highest BCUT2D eigenvalue weighted by atomic mass is 79.9. The van der Waals surface area contributed by atoms with Crippen LogP contribution in [-0.4, -0.2) is 25.5 Å². The number of amides is 1. The molecular weight excluding hydrogens is 451 g/mol. The number of hydrogen-bond acceptors (Lipinski definition) is 3. The molecule has 0 radical (unpaired) electrons. The maximum Gasteiger partial charge on any atom is 0.436 e. The average molecular weight is 469 g/mol. The van der Waals surface area contributed by atoms with Crippen molar-refractivity contribution in [3.8, 4) is 0 Å². The third-order valence-electron chi connectivity index (χ3n) is 4.37. The highest BCUT2D eigenvalue weighted by Gasteiger charge is 2.41. The van der Waals surface area contributed by atoms with E-state index in [0.717, 1.165) is 12.8 Å². The number of rotatable bonds is 7. The third kappa shape index (κ3) is 4.48. The fourth-order valence-corrected chi connectivity index (χ4v) is 3.91. The van der Waals surface area contributed by atoms with Crippen molar-refractivity contribution < 1.29 is 18.0 Å². The molecule has 11 heteroatoms. The zero-order valence-corrected chi connectivity index (χ0v) is 16.8. The van der Waals surface area contributed by atoms with Gasteiger partial charge in [-0.3, -0.25) is 14.2 Å². The highest BCUT2D eigenvalue weighted by Crippen LogP contribution is 2.47. The van der Waals surface area contributed by atoms with Crippen LogP contribution in [0.5, 0.6) is 0 Å². The van der Waals surface area contributed by atoms with Gasteiger partial charge in [-0.25, -0.2) is 0 Å². The van der Waals surface area contributed by atoms with Crippen LogP contribution in [0.1, 0.15) is 49.2 Å². The molecule has 0 bridgehead atoms. The highest BCUT2D eigenvalue weighted by molar-refractivity contribution is 9.10. The Morgan fingerprint density at radius 2 is 2.11 bits per heavy atom. The second-order valence-electron chi connectivity index (χ2n) is 6.32. The van der Waals surface area contributed by atoms with Crippen LogP contribution in [-0.2, 0) is 30.6 Å². The smallest absolute Gasteiger partial charge is 0.350 e. The van der Waals surface area contributed by atoms with Gasteiger partial charge in [0.05, 0.1) is 40.2 Å². The first-order chi connectivity index (χ1) is 12.7. The van der Waals surface area contributed by atoms with Crippen molar-refractivity contribution in [2.45, 2.75) is 57.9 Å². The summed E-state index contributed by atoms with van der Waals surface area (Å²) in [6.45, 7) is 2.80. The summed E-state index contributed by atoms with van der Waals surface area (Å²) in [6, 6.07) is 0. The lowest BCUT2D eigenvalue weighted by molar-refractivity contribution is -0.142. The first kappa shape index (κ1) is 20.2. The quantitative estimate of drug-likeness (QED) is 0.665. The molecule has 2 heterocycles. The number of halogens is 5. The van der Waals surface area contributed by atoms with Crippen LogP contribution in [0.4, 0.5) is 13.2 Å². The van der Waals surface area contributed by atoms with Crippen molar-refractivity contribution in [2.24, 2.45) is 0 Å². The molecule has 1 aliphatic carbocycles. The predicted octanol–water partition coefficient (Wildman–Crippen LogP) is 4.12. The largest absolute Gasteiger partial charge is 0.436 e. The van der Waals surface area contributed by atoms with E-state index < -0.39 is 11.9 Å². The van der Waals surface area contributed by atoms with Gasteiger partial charge in [-0.05, 0) is 35.7 Å². The molecular formula is C16H18BrClF3N5O. The fraction of sp³-hybridized carbons (Fsp3) is 0.562. The lowest BCUT2D eigenvalue weighted by Crippen LogP contribution is -2.26. The van der Waals surface area contributed by atoms with Crippen molar-refractivity contribution in [3.63, 3.8) is 0 Å². The van der Waals surface area contributed by atoms with Crippen molar-refractivity contribution in [1.82, 2.24) is 24.9 Å². The van der Waals surface area contributed by atoms with E-state index in [4.69, 9.17) is 11.6 Å². The molecule has 2 aromatic heterocycles. The molecule has 1 N–H and O–H groups in total. The maximum atomic E-state index is 13.1. The first-order valence-corrected chi connectivity index (χ1v) is 9.69. The van der Waals surface area contributed by atoms with E-state index in [2.05, 4.69) is 31.4 Å². The van der Waals surface area contributed by atoms with Crippen molar-refractivity contribution in [1.29, 1.82) is 0 Å². The van der Waals surface area contributed by atoms with E-state index >= 15 is 0 Å². The minimum Gasteiger partial charge on any atom is -0.350 e. The number of aromatic nitrogens is 4. The Morgan fingerprint density at radius 3 is 2.70 bits per heavy atom. The summed E-state index contributed by atoms with van der Waals surface area (Å²) in [5.74, 6) is -0.236. The summed E-state index contributed by atoms with van der Waals surface area (Å²) < 4.78 is 42.3. The molecule has 0 saturated heterocycles. The first-order valence-electron chi connectivity index (χ1n) is 8.52. The van der Waals surface area contributed by atoms with E-state index in [0.29, 0.717) is 23.0 Å². The lowest BCUT2D eigenvalue weighted by Gasteiger charge is -2.09. The molecule has 1 amide bonds. The summed E-state index contributed by atoms with van der Waals surface area (Å²) in [5, 5.41) is 11.0. The summed E-state index contributed by atoms with van der Waals surface area (Å²) in [6.07, 6.45) is -1.36. The van der Waals surface area contributed by atoms with Crippen molar-refractivity contribution in [2.75, 3.05) is 0 Å². The molecule has 0 atom stereocenters.